The Hall–Kier alpha value is -3.08. The van der Waals surface area contributed by atoms with Gasteiger partial charge in [0.15, 0.2) is 0 Å². The van der Waals surface area contributed by atoms with Crippen molar-refractivity contribution in [1.82, 2.24) is 5.32 Å². The molecule has 1 N–H and O–H groups in total. The van der Waals surface area contributed by atoms with E-state index in [1.165, 1.54) is 26.1 Å². The van der Waals surface area contributed by atoms with Gasteiger partial charge in [-0.3, -0.25) is 19.2 Å². The fraction of sp³-hybridized carbons (Fsp3) is 0.188. The molecule has 8 nitrogen and oxygen atoms in total. The van der Waals surface area contributed by atoms with Gasteiger partial charge < -0.3 is 5.32 Å². The molecule has 0 bridgehead atoms. The molecule has 2 aromatic carbocycles. The standard InChI is InChI=1S/C16H15F2N3O5S/c1-10-6-13(18)15(8-14(10)21(23)24)27(25,26)20(9-16(22)19-2)12-5-3-4-11(17)7-12/h3-8H,9H2,1-2H3,(H,19,22). The third kappa shape index (κ3) is 4.19. The van der Waals surface area contributed by atoms with Crippen LogP contribution in [0.5, 0.6) is 0 Å². The maximum atomic E-state index is 14.4. The van der Waals surface area contributed by atoms with Crippen molar-refractivity contribution in [3.63, 3.8) is 0 Å². The first kappa shape index (κ1) is 20.2. The second kappa shape index (κ2) is 7.66. The number of benzene rings is 2. The monoisotopic (exact) mass is 399 g/mol. The Morgan fingerprint density at radius 3 is 2.48 bits per heavy atom. The third-order valence-electron chi connectivity index (χ3n) is 3.68. The van der Waals surface area contributed by atoms with Crippen LogP contribution in [0.25, 0.3) is 0 Å². The number of hydrogen-bond acceptors (Lipinski definition) is 5. The molecule has 0 aromatic heterocycles. The fourth-order valence-corrected chi connectivity index (χ4v) is 3.79. The summed E-state index contributed by atoms with van der Waals surface area (Å²) in [6.07, 6.45) is 0. The molecule has 2 rings (SSSR count). The van der Waals surface area contributed by atoms with E-state index < -0.39 is 49.6 Å². The number of hydrogen-bond donors (Lipinski definition) is 1. The van der Waals surface area contributed by atoms with Crippen LogP contribution in [0.4, 0.5) is 20.2 Å². The van der Waals surface area contributed by atoms with Crippen molar-refractivity contribution < 1.29 is 26.9 Å². The highest BCUT2D eigenvalue weighted by molar-refractivity contribution is 7.92. The number of carbonyl (C=O) groups is 1. The number of amides is 1. The molecule has 0 heterocycles. The summed E-state index contributed by atoms with van der Waals surface area (Å²) in [5.74, 6) is -2.75. The van der Waals surface area contributed by atoms with Crippen LogP contribution in [0.15, 0.2) is 41.3 Å². The van der Waals surface area contributed by atoms with Crippen molar-refractivity contribution in [2.75, 3.05) is 17.9 Å². The van der Waals surface area contributed by atoms with Gasteiger partial charge in [-0.1, -0.05) is 6.07 Å². The van der Waals surface area contributed by atoms with Gasteiger partial charge in [0.05, 0.1) is 10.6 Å². The minimum absolute atomic E-state index is 0.0694. The Labute approximate surface area is 153 Å². The van der Waals surface area contributed by atoms with Crippen molar-refractivity contribution in [3.8, 4) is 0 Å². The number of nitrogens with one attached hydrogen (secondary N) is 1. The quantitative estimate of drug-likeness (QED) is 0.591. The molecule has 0 fully saturated rings. The molecule has 144 valence electrons. The van der Waals surface area contributed by atoms with E-state index in [2.05, 4.69) is 5.32 Å². The lowest BCUT2D eigenvalue weighted by Gasteiger charge is -2.24. The number of likely N-dealkylation sites (N-methyl/N-ethyl adjacent to an activating group) is 1. The van der Waals surface area contributed by atoms with Gasteiger partial charge in [-0.15, -0.1) is 0 Å². The first-order valence-corrected chi connectivity index (χ1v) is 8.95. The van der Waals surface area contributed by atoms with E-state index in [9.17, 15) is 32.1 Å². The van der Waals surface area contributed by atoms with E-state index in [-0.39, 0.29) is 11.3 Å². The summed E-state index contributed by atoms with van der Waals surface area (Å²) < 4.78 is 54.3. The van der Waals surface area contributed by atoms with Gasteiger partial charge in [0, 0.05) is 18.7 Å². The smallest absolute Gasteiger partial charge is 0.273 e. The first-order valence-electron chi connectivity index (χ1n) is 7.51. The van der Waals surface area contributed by atoms with Gasteiger partial charge in [-0.05, 0) is 31.2 Å². The van der Waals surface area contributed by atoms with Gasteiger partial charge in [0.1, 0.15) is 23.1 Å². The predicted molar refractivity (Wildman–Crippen MR) is 92.8 cm³/mol. The van der Waals surface area contributed by atoms with Crippen molar-refractivity contribution in [2.45, 2.75) is 11.8 Å². The van der Waals surface area contributed by atoms with Crippen LogP contribution in [0.1, 0.15) is 5.56 Å². The molecule has 0 atom stereocenters. The van der Waals surface area contributed by atoms with Gasteiger partial charge in [-0.25, -0.2) is 17.2 Å². The Balaban J connectivity index is 2.69. The average molecular weight is 399 g/mol. The summed E-state index contributed by atoms with van der Waals surface area (Å²) in [5.41, 5.74) is -0.907. The molecule has 0 unspecified atom stereocenters. The highest BCUT2D eigenvalue weighted by Gasteiger charge is 2.32. The molecule has 0 spiro atoms. The number of nitro groups is 1. The Morgan fingerprint density at radius 2 is 1.93 bits per heavy atom. The van der Waals surface area contributed by atoms with Crippen LogP contribution in [-0.2, 0) is 14.8 Å². The Bertz CT molecular complexity index is 1010. The maximum absolute atomic E-state index is 14.4. The molecular weight excluding hydrogens is 384 g/mol. The van der Waals surface area contributed by atoms with E-state index in [1.54, 1.807) is 0 Å². The lowest BCUT2D eigenvalue weighted by Crippen LogP contribution is -2.40. The summed E-state index contributed by atoms with van der Waals surface area (Å²) >= 11 is 0. The second-order valence-corrected chi connectivity index (χ2v) is 7.32. The number of carbonyl (C=O) groups excluding carboxylic acids is 1. The molecule has 11 heteroatoms. The highest BCUT2D eigenvalue weighted by Crippen LogP contribution is 2.30. The number of rotatable bonds is 6. The molecule has 0 aliphatic carbocycles. The lowest BCUT2D eigenvalue weighted by molar-refractivity contribution is -0.385. The Kier molecular flexibility index (Phi) is 5.74. The summed E-state index contributed by atoms with van der Waals surface area (Å²) in [7, 11) is -3.49. The van der Waals surface area contributed by atoms with Gasteiger partial charge in [0.25, 0.3) is 15.7 Å². The first-order chi connectivity index (χ1) is 12.6. The predicted octanol–water partition coefficient (Wildman–Crippen LogP) is 2.12. The maximum Gasteiger partial charge on any atom is 0.273 e. The summed E-state index contributed by atoms with van der Waals surface area (Å²) in [6, 6.07) is 5.63. The summed E-state index contributed by atoms with van der Waals surface area (Å²) in [6.45, 7) is 0.482. The topological polar surface area (TPSA) is 110 Å². The fourth-order valence-electron chi connectivity index (χ4n) is 2.31. The molecule has 0 aliphatic rings. The number of nitrogens with zero attached hydrogens (tertiary/aromatic N) is 2. The summed E-state index contributed by atoms with van der Waals surface area (Å²) in [4.78, 5) is 21.0. The third-order valence-corrected chi connectivity index (χ3v) is 5.47. The zero-order valence-corrected chi connectivity index (χ0v) is 15.1. The Morgan fingerprint density at radius 1 is 1.26 bits per heavy atom. The SMILES string of the molecule is CNC(=O)CN(c1cccc(F)c1)S(=O)(=O)c1cc([N+](=O)[O-])c(C)cc1F. The number of nitro benzene ring substituents is 1. The minimum atomic E-state index is -4.75. The molecule has 0 radical (unpaired) electrons. The van der Waals surface area contributed by atoms with E-state index in [1.807, 2.05) is 0 Å². The van der Waals surface area contributed by atoms with E-state index in [4.69, 9.17) is 0 Å². The van der Waals surface area contributed by atoms with E-state index in [0.29, 0.717) is 16.4 Å². The molecule has 0 saturated heterocycles. The van der Waals surface area contributed by atoms with Crippen molar-refractivity contribution >= 4 is 27.3 Å². The number of halogens is 2. The van der Waals surface area contributed by atoms with Crippen LogP contribution in [-0.4, -0.2) is 32.8 Å². The number of anilines is 1. The molecular formula is C16H15F2N3O5S. The molecule has 1 amide bonds. The molecule has 0 aliphatic heterocycles. The molecule has 2 aromatic rings. The van der Waals surface area contributed by atoms with Crippen molar-refractivity contribution in [2.24, 2.45) is 0 Å². The lowest BCUT2D eigenvalue weighted by atomic mass is 10.2. The number of sulfonamides is 1. The van der Waals surface area contributed by atoms with Gasteiger partial charge >= 0.3 is 0 Å². The normalized spacial score (nSPS) is 11.1. The summed E-state index contributed by atoms with van der Waals surface area (Å²) in [5, 5.41) is 13.3. The average Bonchev–Trinajstić information content (AvgIpc) is 2.58. The zero-order valence-electron chi connectivity index (χ0n) is 14.3. The minimum Gasteiger partial charge on any atom is -0.358 e. The van der Waals surface area contributed by atoms with Gasteiger partial charge in [0.2, 0.25) is 5.91 Å². The van der Waals surface area contributed by atoms with Crippen LogP contribution < -0.4 is 9.62 Å². The zero-order chi connectivity index (χ0) is 20.4. The van der Waals surface area contributed by atoms with Crippen LogP contribution in [0.3, 0.4) is 0 Å². The van der Waals surface area contributed by atoms with E-state index in [0.717, 1.165) is 12.1 Å². The van der Waals surface area contributed by atoms with Crippen LogP contribution >= 0.6 is 0 Å². The van der Waals surface area contributed by atoms with Crippen molar-refractivity contribution in [1.29, 1.82) is 0 Å². The number of aryl methyl sites for hydroxylation is 1. The molecule has 0 saturated carbocycles. The largest absolute Gasteiger partial charge is 0.358 e. The highest BCUT2D eigenvalue weighted by atomic mass is 32.2. The molecule has 27 heavy (non-hydrogen) atoms. The van der Waals surface area contributed by atoms with Crippen LogP contribution in [0, 0.1) is 28.7 Å². The van der Waals surface area contributed by atoms with Crippen molar-refractivity contribution in [3.05, 3.63) is 63.7 Å². The second-order valence-electron chi connectivity index (χ2n) is 5.49. The van der Waals surface area contributed by atoms with Gasteiger partial charge in [-0.2, -0.15) is 0 Å². The van der Waals surface area contributed by atoms with E-state index >= 15 is 0 Å². The van der Waals surface area contributed by atoms with Crippen LogP contribution in [0.2, 0.25) is 0 Å².